The zero-order chi connectivity index (χ0) is 11.9. The first-order valence-electron chi connectivity index (χ1n) is 5.42. The minimum atomic E-state index is -1.00. The van der Waals surface area contributed by atoms with Crippen LogP contribution in [-0.2, 0) is 4.65 Å². The van der Waals surface area contributed by atoms with Gasteiger partial charge in [0.1, 0.15) is 0 Å². The zero-order valence-electron chi connectivity index (χ0n) is 10.1. The third kappa shape index (κ3) is 3.07. The maximum Gasteiger partial charge on any atom is 0.487 e. The molecule has 0 spiro atoms. The summed E-state index contributed by atoms with van der Waals surface area (Å²) in [5.41, 5.74) is -1.07. The number of rotatable bonds is 5. The molecule has 0 unspecified atom stereocenters. The zero-order valence-corrected chi connectivity index (χ0v) is 10.1. The molecule has 1 aliphatic rings. The number of hydrogen-bond acceptors (Lipinski definition) is 3. The van der Waals surface area contributed by atoms with Crippen LogP contribution in [0.2, 0.25) is 0 Å². The average molecular weight is 212 g/mol. The molecule has 0 aromatic heterocycles. The van der Waals surface area contributed by atoms with E-state index in [0.29, 0.717) is 5.92 Å². The summed E-state index contributed by atoms with van der Waals surface area (Å²) in [6.45, 7) is 10.7. The molecule has 4 heteroatoms. The van der Waals surface area contributed by atoms with Crippen molar-refractivity contribution in [3.05, 3.63) is 12.1 Å². The van der Waals surface area contributed by atoms with Crippen molar-refractivity contribution < 1.29 is 14.8 Å². The van der Waals surface area contributed by atoms with Gasteiger partial charge in [0.25, 0.3) is 0 Å². The highest BCUT2D eigenvalue weighted by Crippen LogP contribution is 2.37. The van der Waals surface area contributed by atoms with Gasteiger partial charge in [-0.3, -0.25) is 0 Å². The first kappa shape index (κ1) is 12.8. The third-order valence-corrected chi connectivity index (χ3v) is 3.30. The Morgan fingerprint density at radius 2 is 1.80 bits per heavy atom. The van der Waals surface area contributed by atoms with Gasteiger partial charge in [-0.1, -0.05) is 0 Å². The molecule has 0 bridgehead atoms. The molecule has 0 atom stereocenters. The topological polar surface area (TPSA) is 49.7 Å². The second kappa shape index (κ2) is 3.93. The summed E-state index contributed by atoms with van der Waals surface area (Å²) >= 11 is 0. The van der Waals surface area contributed by atoms with Gasteiger partial charge in [-0.15, -0.1) is 6.58 Å². The van der Waals surface area contributed by atoms with Gasteiger partial charge in [-0.25, -0.2) is 0 Å². The smallest absolute Gasteiger partial charge is 0.423 e. The normalized spacial score (nSPS) is 17.7. The highest BCUT2D eigenvalue weighted by atomic mass is 16.5. The Labute approximate surface area is 92.3 Å². The molecular formula is C11H21BO3. The lowest BCUT2D eigenvalue weighted by Gasteiger charge is -2.38. The van der Waals surface area contributed by atoms with Gasteiger partial charge in [0, 0.05) is 0 Å². The predicted molar refractivity (Wildman–Crippen MR) is 61.3 cm³/mol. The van der Waals surface area contributed by atoms with Crippen molar-refractivity contribution in [2.75, 3.05) is 0 Å². The van der Waals surface area contributed by atoms with Crippen LogP contribution < -0.4 is 0 Å². The van der Waals surface area contributed by atoms with Crippen molar-refractivity contribution in [1.29, 1.82) is 0 Å². The second-order valence-corrected chi connectivity index (χ2v) is 5.39. The van der Waals surface area contributed by atoms with Crippen LogP contribution >= 0.6 is 0 Å². The SMILES string of the molecule is C=C(B(O)OC(C)(C)C(C)(C)O)C1CC1. The van der Waals surface area contributed by atoms with Gasteiger partial charge >= 0.3 is 7.12 Å². The first-order valence-corrected chi connectivity index (χ1v) is 5.42. The van der Waals surface area contributed by atoms with Gasteiger partial charge in [-0.05, 0) is 51.9 Å². The predicted octanol–water partition coefficient (Wildman–Crippen LogP) is 1.54. The lowest BCUT2D eigenvalue weighted by atomic mass is 9.74. The van der Waals surface area contributed by atoms with Gasteiger partial charge in [0.05, 0.1) is 11.2 Å². The van der Waals surface area contributed by atoms with Crippen molar-refractivity contribution in [3.8, 4) is 0 Å². The quantitative estimate of drug-likeness (QED) is 0.679. The summed E-state index contributed by atoms with van der Waals surface area (Å²) in [7, 11) is -0.973. The molecule has 0 heterocycles. The monoisotopic (exact) mass is 212 g/mol. The molecule has 3 nitrogen and oxygen atoms in total. The Morgan fingerprint density at radius 3 is 2.13 bits per heavy atom. The number of allylic oxidation sites excluding steroid dienone is 1. The largest absolute Gasteiger partial charge is 0.487 e. The number of aliphatic hydroxyl groups is 1. The second-order valence-electron chi connectivity index (χ2n) is 5.39. The van der Waals surface area contributed by atoms with E-state index in [2.05, 4.69) is 6.58 Å². The molecule has 0 amide bonds. The minimum absolute atomic E-state index is 0.401. The third-order valence-electron chi connectivity index (χ3n) is 3.30. The van der Waals surface area contributed by atoms with E-state index in [4.69, 9.17) is 4.65 Å². The molecule has 1 aliphatic carbocycles. The van der Waals surface area contributed by atoms with E-state index in [1.54, 1.807) is 27.7 Å². The van der Waals surface area contributed by atoms with Crippen molar-refractivity contribution in [3.63, 3.8) is 0 Å². The Kier molecular flexibility index (Phi) is 3.34. The Balaban J connectivity index is 2.56. The molecule has 1 saturated carbocycles. The maximum atomic E-state index is 9.86. The minimum Gasteiger partial charge on any atom is -0.423 e. The Bertz CT molecular complexity index is 251. The van der Waals surface area contributed by atoms with Crippen LogP contribution in [0.3, 0.4) is 0 Å². The molecule has 0 saturated heterocycles. The van der Waals surface area contributed by atoms with Crippen molar-refractivity contribution in [2.24, 2.45) is 5.92 Å². The van der Waals surface area contributed by atoms with Crippen molar-refractivity contribution >= 4 is 7.12 Å². The fraction of sp³-hybridized carbons (Fsp3) is 0.818. The van der Waals surface area contributed by atoms with E-state index in [1.807, 2.05) is 0 Å². The molecule has 0 radical (unpaired) electrons. The fourth-order valence-electron chi connectivity index (χ4n) is 1.15. The van der Waals surface area contributed by atoms with Crippen molar-refractivity contribution in [1.82, 2.24) is 0 Å². The van der Waals surface area contributed by atoms with E-state index in [-0.39, 0.29) is 0 Å². The van der Waals surface area contributed by atoms with Crippen LogP contribution in [0.1, 0.15) is 40.5 Å². The summed E-state index contributed by atoms with van der Waals surface area (Å²) in [5, 5.41) is 19.7. The fourth-order valence-corrected chi connectivity index (χ4v) is 1.15. The molecule has 2 N–H and O–H groups in total. The number of hydrogen-bond donors (Lipinski definition) is 2. The highest BCUT2D eigenvalue weighted by Gasteiger charge is 2.42. The van der Waals surface area contributed by atoms with Crippen LogP contribution in [-0.4, -0.2) is 28.5 Å². The van der Waals surface area contributed by atoms with E-state index in [1.165, 1.54) is 0 Å². The van der Waals surface area contributed by atoms with E-state index < -0.39 is 18.3 Å². The van der Waals surface area contributed by atoms with E-state index in [9.17, 15) is 10.1 Å². The van der Waals surface area contributed by atoms with E-state index in [0.717, 1.165) is 18.3 Å². The summed E-state index contributed by atoms with van der Waals surface area (Å²) in [6.07, 6.45) is 2.17. The Hall–Kier alpha value is -0.315. The molecule has 1 rings (SSSR count). The molecule has 15 heavy (non-hydrogen) atoms. The van der Waals surface area contributed by atoms with Crippen LogP contribution in [0.5, 0.6) is 0 Å². The Morgan fingerprint density at radius 1 is 1.33 bits per heavy atom. The van der Waals surface area contributed by atoms with Crippen LogP contribution in [0, 0.1) is 5.92 Å². The maximum absolute atomic E-state index is 9.86. The molecule has 1 fully saturated rings. The summed E-state index contributed by atoms with van der Waals surface area (Å²) in [6, 6.07) is 0. The highest BCUT2D eigenvalue weighted by molar-refractivity contribution is 6.52. The molecule has 0 aliphatic heterocycles. The summed E-state index contributed by atoms with van der Waals surface area (Å²) in [4.78, 5) is 0. The first-order chi connectivity index (χ1) is 6.65. The van der Waals surface area contributed by atoms with Gasteiger partial charge < -0.3 is 14.8 Å². The van der Waals surface area contributed by atoms with Crippen molar-refractivity contribution in [2.45, 2.75) is 51.7 Å². The molecular weight excluding hydrogens is 191 g/mol. The standard InChI is InChI=1S/C11H21BO3/c1-8(9-6-7-9)12(14)15-11(4,5)10(2,3)13/h9,13-14H,1,6-7H2,2-5H3. The van der Waals surface area contributed by atoms with Gasteiger partial charge in [-0.2, -0.15) is 0 Å². The molecule has 0 aromatic rings. The van der Waals surface area contributed by atoms with Crippen LogP contribution in [0.4, 0.5) is 0 Å². The average Bonchev–Trinajstić information content (AvgIpc) is 2.81. The van der Waals surface area contributed by atoms with Gasteiger partial charge in [0.15, 0.2) is 0 Å². The lowest BCUT2D eigenvalue weighted by Crippen LogP contribution is -2.50. The lowest BCUT2D eigenvalue weighted by molar-refractivity contribution is -0.0990. The van der Waals surface area contributed by atoms with E-state index >= 15 is 0 Å². The van der Waals surface area contributed by atoms with Gasteiger partial charge in [0.2, 0.25) is 0 Å². The molecule has 86 valence electrons. The summed E-state index contributed by atoms with van der Waals surface area (Å²) in [5.74, 6) is 0.401. The molecule has 0 aromatic carbocycles. The van der Waals surface area contributed by atoms with Crippen LogP contribution in [0.25, 0.3) is 0 Å². The van der Waals surface area contributed by atoms with Crippen LogP contribution in [0.15, 0.2) is 12.1 Å². The summed E-state index contributed by atoms with van der Waals surface area (Å²) < 4.78 is 5.47.